The van der Waals surface area contributed by atoms with Crippen LogP contribution in [0, 0.1) is 0 Å². The van der Waals surface area contributed by atoms with Crippen molar-refractivity contribution in [3.8, 4) is 0 Å². The molecular formula is C11H14N4O2. The normalized spacial score (nSPS) is 16.3. The molecule has 17 heavy (non-hydrogen) atoms. The third-order valence-electron chi connectivity index (χ3n) is 2.59. The van der Waals surface area contributed by atoms with Gasteiger partial charge in [0.2, 0.25) is 5.91 Å². The molecule has 0 aliphatic carbocycles. The van der Waals surface area contributed by atoms with Crippen LogP contribution >= 0.6 is 0 Å². The minimum absolute atomic E-state index is 0.252. The SMILES string of the molecule is CC(C)c1ccc(N2CCC(=O)NC2=O)nn1. The minimum atomic E-state index is -0.437. The Balaban J connectivity index is 2.17. The van der Waals surface area contributed by atoms with Crippen molar-refractivity contribution in [3.63, 3.8) is 0 Å². The Morgan fingerprint density at radius 2 is 2.06 bits per heavy atom. The third kappa shape index (κ3) is 2.41. The lowest BCUT2D eigenvalue weighted by Crippen LogP contribution is -2.50. The van der Waals surface area contributed by atoms with Gasteiger partial charge in [0, 0.05) is 13.0 Å². The van der Waals surface area contributed by atoms with Crippen LogP contribution in [0.1, 0.15) is 31.9 Å². The Bertz CT molecular complexity index is 441. The molecule has 1 aliphatic rings. The van der Waals surface area contributed by atoms with E-state index in [1.165, 1.54) is 4.90 Å². The summed E-state index contributed by atoms with van der Waals surface area (Å²) in [5, 5.41) is 10.3. The van der Waals surface area contributed by atoms with E-state index in [4.69, 9.17) is 0 Å². The maximum atomic E-state index is 11.6. The second kappa shape index (κ2) is 4.48. The molecule has 2 heterocycles. The monoisotopic (exact) mass is 234 g/mol. The number of carbonyl (C=O) groups is 2. The van der Waals surface area contributed by atoms with E-state index in [0.29, 0.717) is 24.7 Å². The summed E-state index contributed by atoms with van der Waals surface area (Å²) in [7, 11) is 0. The smallest absolute Gasteiger partial charge is 0.278 e. The number of urea groups is 1. The lowest BCUT2D eigenvalue weighted by atomic mass is 10.1. The van der Waals surface area contributed by atoms with Gasteiger partial charge in [-0.05, 0) is 18.1 Å². The summed E-state index contributed by atoms with van der Waals surface area (Å²) in [5.74, 6) is 0.519. The molecule has 0 unspecified atom stereocenters. The number of nitrogens with zero attached hydrogens (tertiary/aromatic N) is 3. The van der Waals surface area contributed by atoms with Crippen molar-refractivity contribution in [3.05, 3.63) is 17.8 Å². The Morgan fingerprint density at radius 3 is 2.59 bits per heavy atom. The Hall–Kier alpha value is -1.98. The molecule has 6 heteroatoms. The number of hydrogen-bond acceptors (Lipinski definition) is 4. The van der Waals surface area contributed by atoms with Crippen molar-refractivity contribution in [2.24, 2.45) is 0 Å². The third-order valence-corrected chi connectivity index (χ3v) is 2.59. The molecule has 2 rings (SSSR count). The van der Waals surface area contributed by atoms with Crippen molar-refractivity contribution >= 4 is 17.8 Å². The minimum Gasteiger partial charge on any atom is -0.278 e. The van der Waals surface area contributed by atoms with Crippen molar-refractivity contribution in [1.29, 1.82) is 0 Å². The van der Waals surface area contributed by atoms with E-state index >= 15 is 0 Å². The van der Waals surface area contributed by atoms with E-state index in [9.17, 15) is 9.59 Å². The maximum absolute atomic E-state index is 11.6. The number of amides is 3. The number of hydrogen-bond donors (Lipinski definition) is 1. The van der Waals surface area contributed by atoms with Crippen LogP contribution in [-0.2, 0) is 4.79 Å². The zero-order valence-electron chi connectivity index (χ0n) is 9.80. The molecule has 0 aromatic carbocycles. The number of aromatic nitrogens is 2. The number of imide groups is 1. The Kier molecular flexibility index (Phi) is 3.03. The van der Waals surface area contributed by atoms with E-state index in [1.807, 2.05) is 19.9 Å². The highest BCUT2D eigenvalue weighted by Gasteiger charge is 2.25. The van der Waals surface area contributed by atoms with Crippen LogP contribution in [0.25, 0.3) is 0 Å². The van der Waals surface area contributed by atoms with Gasteiger partial charge in [-0.1, -0.05) is 13.8 Å². The second-order valence-corrected chi connectivity index (χ2v) is 4.23. The van der Waals surface area contributed by atoms with Crippen molar-refractivity contribution in [2.45, 2.75) is 26.2 Å². The first-order chi connectivity index (χ1) is 8.08. The van der Waals surface area contributed by atoms with Crippen LogP contribution in [-0.4, -0.2) is 28.7 Å². The van der Waals surface area contributed by atoms with Crippen LogP contribution < -0.4 is 10.2 Å². The number of anilines is 1. The predicted molar refractivity (Wildman–Crippen MR) is 61.6 cm³/mol. The summed E-state index contributed by atoms with van der Waals surface area (Å²) in [4.78, 5) is 24.0. The van der Waals surface area contributed by atoms with E-state index in [-0.39, 0.29) is 5.91 Å². The molecule has 1 aromatic heterocycles. The zero-order chi connectivity index (χ0) is 12.4. The van der Waals surface area contributed by atoms with Gasteiger partial charge in [-0.25, -0.2) is 4.79 Å². The average molecular weight is 234 g/mol. The fourth-order valence-electron chi connectivity index (χ4n) is 1.57. The molecule has 0 radical (unpaired) electrons. The highest BCUT2D eigenvalue weighted by Crippen LogP contribution is 2.16. The van der Waals surface area contributed by atoms with Crippen LogP contribution in [0.4, 0.5) is 10.6 Å². The predicted octanol–water partition coefficient (Wildman–Crippen LogP) is 1.05. The molecule has 0 atom stereocenters. The standard InChI is InChI=1S/C11H14N4O2/c1-7(2)8-3-4-9(14-13-8)15-6-5-10(16)12-11(15)17/h3-4,7H,5-6H2,1-2H3,(H,12,16,17). The van der Waals surface area contributed by atoms with Gasteiger partial charge in [0.15, 0.2) is 5.82 Å². The number of carbonyl (C=O) groups excluding carboxylic acids is 2. The summed E-state index contributed by atoms with van der Waals surface area (Å²) < 4.78 is 0. The Labute approximate surface area is 99.0 Å². The highest BCUT2D eigenvalue weighted by molar-refractivity contribution is 6.05. The van der Waals surface area contributed by atoms with Crippen molar-refractivity contribution in [2.75, 3.05) is 11.4 Å². The van der Waals surface area contributed by atoms with Crippen LogP contribution in [0.2, 0.25) is 0 Å². The number of nitrogens with one attached hydrogen (secondary N) is 1. The van der Waals surface area contributed by atoms with E-state index in [1.54, 1.807) is 6.07 Å². The summed E-state index contributed by atoms with van der Waals surface area (Å²) in [6.07, 6.45) is 0.291. The molecule has 1 saturated heterocycles. The van der Waals surface area contributed by atoms with Gasteiger partial charge in [0.25, 0.3) is 0 Å². The van der Waals surface area contributed by atoms with Crippen LogP contribution in [0.5, 0.6) is 0 Å². The quantitative estimate of drug-likeness (QED) is 0.829. The summed E-state index contributed by atoms with van der Waals surface area (Å²) in [6.45, 7) is 4.40. The summed E-state index contributed by atoms with van der Waals surface area (Å²) >= 11 is 0. The van der Waals surface area contributed by atoms with Crippen LogP contribution in [0.3, 0.4) is 0 Å². The second-order valence-electron chi connectivity index (χ2n) is 4.23. The van der Waals surface area contributed by atoms with Crippen LogP contribution in [0.15, 0.2) is 12.1 Å². The van der Waals surface area contributed by atoms with Gasteiger partial charge in [-0.15, -0.1) is 5.10 Å². The van der Waals surface area contributed by atoms with Gasteiger partial charge in [-0.3, -0.25) is 15.0 Å². The molecular weight excluding hydrogens is 220 g/mol. The highest BCUT2D eigenvalue weighted by atomic mass is 16.2. The van der Waals surface area contributed by atoms with Gasteiger partial charge in [-0.2, -0.15) is 5.10 Å². The average Bonchev–Trinajstić information content (AvgIpc) is 2.29. The maximum Gasteiger partial charge on any atom is 0.329 e. The van der Waals surface area contributed by atoms with Gasteiger partial charge in [0.1, 0.15) is 0 Å². The lowest BCUT2D eigenvalue weighted by molar-refractivity contribution is -0.120. The molecule has 6 nitrogen and oxygen atoms in total. The van der Waals surface area contributed by atoms with E-state index in [2.05, 4.69) is 15.5 Å². The van der Waals surface area contributed by atoms with Gasteiger partial charge < -0.3 is 0 Å². The molecule has 1 N–H and O–H groups in total. The zero-order valence-corrected chi connectivity index (χ0v) is 9.80. The molecule has 1 fully saturated rings. The molecule has 1 aromatic rings. The van der Waals surface area contributed by atoms with Crippen molar-refractivity contribution < 1.29 is 9.59 Å². The molecule has 0 spiro atoms. The first-order valence-corrected chi connectivity index (χ1v) is 5.53. The van der Waals surface area contributed by atoms with Crippen molar-refractivity contribution in [1.82, 2.24) is 15.5 Å². The molecule has 90 valence electrons. The first kappa shape index (κ1) is 11.5. The summed E-state index contributed by atoms with van der Waals surface area (Å²) in [6, 6.07) is 3.15. The fourth-order valence-corrected chi connectivity index (χ4v) is 1.57. The topological polar surface area (TPSA) is 75.2 Å². The van der Waals surface area contributed by atoms with E-state index < -0.39 is 6.03 Å². The lowest BCUT2D eigenvalue weighted by Gasteiger charge is -2.25. The van der Waals surface area contributed by atoms with Gasteiger partial charge >= 0.3 is 6.03 Å². The molecule has 3 amide bonds. The largest absolute Gasteiger partial charge is 0.329 e. The molecule has 1 aliphatic heterocycles. The Morgan fingerprint density at radius 1 is 1.29 bits per heavy atom. The van der Waals surface area contributed by atoms with E-state index in [0.717, 1.165) is 5.69 Å². The number of rotatable bonds is 2. The molecule has 0 saturated carbocycles. The summed E-state index contributed by atoms with van der Waals surface area (Å²) in [5.41, 5.74) is 0.877. The fraction of sp³-hybridized carbons (Fsp3) is 0.455. The molecule has 0 bridgehead atoms. The van der Waals surface area contributed by atoms with Gasteiger partial charge in [0.05, 0.1) is 5.69 Å². The first-order valence-electron chi connectivity index (χ1n) is 5.53.